The van der Waals surface area contributed by atoms with Crippen molar-refractivity contribution in [3.05, 3.63) is 57.4 Å². The molecule has 38 heavy (non-hydrogen) atoms. The van der Waals surface area contributed by atoms with E-state index >= 15 is 0 Å². The molecule has 5 rings (SSSR count). The van der Waals surface area contributed by atoms with Crippen molar-refractivity contribution in [2.24, 2.45) is 0 Å². The van der Waals surface area contributed by atoms with Crippen molar-refractivity contribution in [1.29, 1.82) is 0 Å². The molecule has 0 saturated carbocycles. The lowest BCUT2D eigenvalue weighted by Gasteiger charge is -2.29. The number of nitrogen functional groups attached to an aromatic ring is 1. The molecule has 1 aromatic carbocycles. The number of nitrogens with zero attached hydrogens (tertiary/aromatic N) is 6. The summed E-state index contributed by atoms with van der Waals surface area (Å²) in [5.74, 6) is 6.64. The minimum Gasteiger partial charge on any atom is -0.383 e. The Kier molecular flexibility index (Phi) is 6.90. The van der Waals surface area contributed by atoms with Crippen LogP contribution < -0.4 is 11.1 Å². The highest BCUT2D eigenvalue weighted by Crippen LogP contribution is 2.29. The van der Waals surface area contributed by atoms with E-state index in [1.165, 1.54) is 17.7 Å². The number of nitrogens with one attached hydrogen (secondary N) is 1. The third kappa shape index (κ3) is 5.26. The molecule has 3 aromatic heterocycles. The number of rotatable bonds is 3. The molecule has 0 bridgehead atoms. The maximum absolute atomic E-state index is 12.9. The van der Waals surface area contributed by atoms with Crippen LogP contribution in [0.1, 0.15) is 71.2 Å². The highest BCUT2D eigenvalue weighted by molar-refractivity contribution is 7.13. The van der Waals surface area contributed by atoms with Crippen molar-refractivity contribution in [2.75, 3.05) is 31.2 Å². The summed E-state index contributed by atoms with van der Waals surface area (Å²) in [5.41, 5.74) is 9.88. The molecule has 0 atom stereocenters. The van der Waals surface area contributed by atoms with Gasteiger partial charge in [0.05, 0.1) is 22.6 Å². The quantitative estimate of drug-likeness (QED) is 0.379. The molecule has 1 aliphatic heterocycles. The van der Waals surface area contributed by atoms with Gasteiger partial charge in [-0.3, -0.25) is 4.79 Å². The molecule has 1 fully saturated rings. The van der Waals surface area contributed by atoms with E-state index in [1.54, 1.807) is 6.20 Å². The number of carbonyl (C=O) groups is 1. The SMILES string of the molecule is Cc1ccc(NC(=O)c2cnc(C(C)(C)C)s2)cc1C#Cc1nn(C2CCN(C)CC2)c2ncnc(N)c12. The molecule has 1 amide bonds. The molecule has 10 heteroatoms. The summed E-state index contributed by atoms with van der Waals surface area (Å²) < 4.78 is 1.97. The van der Waals surface area contributed by atoms with Crippen LogP contribution in [0.5, 0.6) is 0 Å². The zero-order chi connectivity index (χ0) is 27.0. The molecule has 0 aliphatic carbocycles. The van der Waals surface area contributed by atoms with Crippen LogP contribution in [0.4, 0.5) is 11.5 Å². The van der Waals surface area contributed by atoms with Crippen molar-refractivity contribution in [2.45, 2.75) is 52.0 Å². The van der Waals surface area contributed by atoms with Crippen molar-refractivity contribution in [3.63, 3.8) is 0 Å². The number of thiazole rings is 1. The number of benzene rings is 1. The summed E-state index contributed by atoms with van der Waals surface area (Å²) in [4.78, 5) is 28.9. The number of carbonyl (C=O) groups excluding carboxylic acids is 1. The number of anilines is 2. The monoisotopic (exact) mass is 528 g/mol. The molecule has 0 spiro atoms. The lowest BCUT2D eigenvalue weighted by molar-refractivity contribution is 0.103. The average Bonchev–Trinajstić information content (AvgIpc) is 3.52. The van der Waals surface area contributed by atoms with Gasteiger partial charge in [-0.15, -0.1) is 11.3 Å². The number of aryl methyl sites for hydroxylation is 1. The second-order valence-electron chi connectivity index (χ2n) is 10.8. The van der Waals surface area contributed by atoms with Crippen LogP contribution in [0.3, 0.4) is 0 Å². The first-order valence-electron chi connectivity index (χ1n) is 12.7. The topological polar surface area (TPSA) is 115 Å². The number of aromatic nitrogens is 5. The number of hydrogen-bond donors (Lipinski definition) is 2. The zero-order valence-electron chi connectivity index (χ0n) is 22.4. The Morgan fingerprint density at radius 3 is 2.63 bits per heavy atom. The summed E-state index contributed by atoms with van der Waals surface area (Å²) in [5, 5.41) is 9.43. The Hall–Kier alpha value is -3.81. The van der Waals surface area contributed by atoms with Gasteiger partial charge in [0, 0.05) is 16.7 Å². The summed E-state index contributed by atoms with van der Waals surface area (Å²) in [6, 6.07) is 5.94. The van der Waals surface area contributed by atoms with Gasteiger partial charge >= 0.3 is 0 Å². The standard InChI is InChI=1S/C28H32N8OS/c1-17-6-8-19(33-26(37)22-15-30-27(38-22)28(2,3)4)14-18(17)7-9-21-23-24(29)31-16-32-25(23)36(34-21)20-10-12-35(5)13-11-20/h6,8,14-16,20H,10-13H2,1-5H3,(H,33,37)(H2,29,31,32). The normalized spacial score (nSPS) is 14.9. The first-order chi connectivity index (χ1) is 18.1. The van der Waals surface area contributed by atoms with Crippen molar-refractivity contribution in [3.8, 4) is 11.8 Å². The van der Waals surface area contributed by atoms with Gasteiger partial charge in [0.15, 0.2) is 5.65 Å². The van der Waals surface area contributed by atoms with E-state index in [0.29, 0.717) is 33.1 Å². The van der Waals surface area contributed by atoms with E-state index < -0.39 is 0 Å². The number of likely N-dealkylation sites (tertiary alicyclic amines) is 1. The molecular weight excluding hydrogens is 496 g/mol. The smallest absolute Gasteiger partial charge is 0.267 e. The first kappa shape index (κ1) is 25.8. The number of amides is 1. The van der Waals surface area contributed by atoms with Gasteiger partial charge in [-0.2, -0.15) is 5.10 Å². The molecule has 4 aromatic rings. The third-order valence-corrected chi connectivity index (χ3v) is 8.16. The second-order valence-corrected chi connectivity index (χ2v) is 11.8. The Labute approximate surface area is 226 Å². The maximum atomic E-state index is 12.9. The Morgan fingerprint density at radius 2 is 1.92 bits per heavy atom. The molecule has 4 heterocycles. The highest BCUT2D eigenvalue weighted by atomic mass is 32.1. The van der Waals surface area contributed by atoms with Gasteiger partial charge in [0.1, 0.15) is 22.7 Å². The average molecular weight is 529 g/mol. The van der Waals surface area contributed by atoms with Gasteiger partial charge in [-0.25, -0.2) is 19.6 Å². The Morgan fingerprint density at radius 1 is 1.16 bits per heavy atom. The van der Waals surface area contributed by atoms with Crippen LogP contribution in [-0.2, 0) is 5.41 Å². The summed E-state index contributed by atoms with van der Waals surface area (Å²) in [6.45, 7) is 10.2. The lowest BCUT2D eigenvalue weighted by atomic mass is 9.98. The van der Waals surface area contributed by atoms with E-state index in [1.807, 2.05) is 29.8 Å². The van der Waals surface area contributed by atoms with Crippen molar-refractivity contribution >= 4 is 39.8 Å². The minimum absolute atomic E-state index is 0.102. The maximum Gasteiger partial charge on any atom is 0.267 e. The summed E-state index contributed by atoms with van der Waals surface area (Å²) in [7, 11) is 2.13. The summed E-state index contributed by atoms with van der Waals surface area (Å²) in [6.07, 6.45) is 5.09. The first-order valence-corrected chi connectivity index (χ1v) is 13.5. The highest BCUT2D eigenvalue weighted by Gasteiger charge is 2.24. The van der Waals surface area contributed by atoms with Gasteiger partial charge in [-0.05, 0) is 63.5 Å². The largest absolute Gasteiger partial charge is 0.383 e. The molecule has 1 saturated heterocycles. The number of piperidine rings is 1. The van der Waals surface area contributed by atoms with Crippen molar-refractivity contribution in [1.82, 2.24) is 29.6 Å². The fourth-order valence-corrected chi connectivity index (χ4v) is 5.33. The second kappa shape index (κ2) is 10.2. The van der Waals surface area contributed by atoms with Crippen LogP contribution in [0.15, 0.2) is 30.7 Å². The van der Waals surface area contributed by atoms with Crippen molar-refractivity contribution < 1.29 is 4.79 Å². The Bertz CT molecular complexity index is 1560. The number of hydrogen-bond acceptors (Lipinski definition) is 8. The number of nitrogens with two attached hydrogens (primary N) is 1. The van der Waals surface area contributed by atoms with E-state index in [2.05, 4.69) is 64.8 Å². The molecule has 1 aliphatic rings. The van der Waals surface area contributed by atoms with E-state index in [-0.39, 0.29) is 17.4 Å². The fourth-order valence-electron chi connectivity index (χ4n) is 4.46. The lowest BCUT2D eigenvalue weighted by Crippen LogP contribution is -2.32. The molecular formula is C28H32N8OS. The molecule has 196 valence electrons. The van der Waals surface area contributed by atoms with Crippen LogP contribution in [0.2, 0.25) is 0 Å². The summed E-state index contributed by atoms with van der Waals surface area (Å²) >= 11 is 1.41. The van der Waals surface area contributed by atoms with Crippen LogP contribution in [-0.4, -0.2) is 55.7 Å². The minimum atomic E-state index is -0.187. The molecule has 0 radical (unpaired) electrons. The van der Waals surface area contributed by atoms with Crippen LogP contribution in [0.25, 0.3) is 11.0 Å². The Balaban J connectivity index is 1.43. The van der Waals surface area contributed by atoms with E-state index in [0.717, 1.165) is 42.1 Å². The van der Waals surface area contributed by atoms with E-state index in [4.69, 9.17) is 10.8 Å². The van der Waals surface area contributed by atoms with Gasteiger partial charge in [0.25, 0.3) is 5.91 Å². The van der Waals surface area contributed by atoms with Gasteiger partial charge in [-0.1, -0.05) is 32.8 Å². The molecule has 0 unspecified atom stereocenters. The molecule has 9 nitrogen and oxygen atoms in total. The predicted octanol–water partition coefficient (Wildman–Crippen LogP) is 4.39. The van der Waals surface area contributed by atoms with E-state index in [9.17, 15) is 4.79 Å². The third-order valence-electron chi connectivity index (χ3n) is 6.73. The predicted molar refractivity (Wildman–Crippen MR) is 151 cm³/mol. The van der Waals surface area contributed by atoms with Gasteiger partial charge in [0.2, 0.25) is 0 Å². The number of fused-ring (bicyclic) bond motifs is 1. The zero-order valence-corrected chi connectivity index (χ0v) is 23.2. The van der Waals surface area contributed by atoms with Crippen LogP contribution >= 0.6 is 11.3 Å². The van der Waals surface area contributed by atoms with Crippen LogP contribution in [0, 0.1) is 18.8 Å². The van der Waals surface area contributed by atoms with Gasteiger partial charge < -0.3 is 16.0 Å². The molecule has 3 N–H and O–H groups in total. The fraction of sp³-hybridized carbons (Fsp3) is 0.393.